The van der Waals surface area contributed by atoms with Gasteiger partial charge in [-0.2, -0.15) is 4.98 Å². The monoisotopic (exact) mass is 866 g/mol. The lowest BCUT2D eigenvalue weighted by atomic mass is 9.74. The van der Waals surface area contributed by atoms with Gasteiger partial charge in [0.2, 0.25) is 17.8 Å². The molecule has 4 aromatic rings. The number of piperidine rings is 3. The van der Waals surface area contributed by atoms with Gasteiger partial charge in [-0.25, -0.2) is 4.79 Å². The fourth-order valence-corrected chi connectivity index (χ4v) is 10.2. The maximum absolute atomic E-state index is 13.5. The Hall–Kier alpha value is -6.95. The number of carbonyl (C=O) groups is 6. The predicted octanol–water partition coefficient (Wildman–Crippen LogP) is 3.27. The average molecular weight is 867 g/mol. The molecule has 4 N–H and O–H groups in total. The Morgan fingerprint density at radius 2 is 1.52 bits per heavy atom. The highest BCUT2D eigenvalue weighted by molar-refractivity contribution is 6.23. The van der Waals surface area contributed by atoms with E-state index in [-0.39, 0.29) is 53.0 Å². The highest BCUT2D eigenvalue weighted by atomic mass is 16.2. The van der Waals surface area contributed by atoms with Crippen LogP contribution in [0, 0.1) is 0 Å². The number of anilines is 5. The predicted molar refractivity (Wildman–Crippen MR) is 236 cm³/mol. The third kappa shape index (κ3) is 7.44. The normalized spacial score (nSPS) is 22.8. The molecule has 18 nitrogen and oxygen atoms in total. The lowest BCUT2D eigenvalue weighted by molar-refractivity contribution is -0.136. The summed E-state index contributed by atoms with van der Waals surface area (Å²) in [6.45, 7) is 8.25. The minimum absolute atomic E-state index is 0.00553. The summed E-state index contributed by atoms with van der Waals surface area (Å²) in [7, 11) is 0. The number of hydrogen-bond donors (Lipinski definition) is 3. The number of imide groups is 2. The molecule has 0 radical (unpaired) electrons. The highest BCUT2D eigenvalue weighted by Crippen LogP contribution is 2.39. The molecule has 2 atom stereocenters. The molecule has 330 valence electrons. The van der Waals surface area contributed by atoms with Crippen molar-refractivity contribution < 1.29 is 28.8 Å². The number of para-hydroxylation sites is 1. The number of likely N-dealkylation sites (tertiary alicyclic amines) is 1. The van der Waals surface area contributed by atoms with E-state index in [1.807, 2.05) is 63.2 Å². The molecule has 64 heavy (non-hydrogen) atoms. The van der Waals surface area contributed by atoms with E-state index in [4.69, 9.17) is 10.7 Å². The molecule has 2 unspecified atom stereocenters. The largest absolute Gasteiger partial charge is 0.368 e. The third-order valence-corrected chi connectivity index (χ3v) is 14.1. The number of fused-ring (bicyclic) bond motifs is 1. The first-order valence-electron chi connectivity index (χ1n) is 22.1. The maximum Gasteiger partial charge on any atom is 0.324 e. The summed E-state index contributed by atoms with van der Waals surface area (Å²) in [5.74, 6) is -2.17. The summed E-state index contributed by atoms with van der Waals surface area (Å²) in [5.41, 5.74) is 9.90. The number of benzene rings is 3. The van der Waals surface area contributed by atoms with Gasteiger partial charge in [0, 0.05) is 68.8 Å². The van der Waals surface area contributed by atoms with Crippen LogP contribution in [0.15, 0.2) is 72.8 Å². The Bertz CT molecular complexity index is 2540. The number of amides is 7. The van der Waals surface area contributed by atoms with Crippen LogP contribution in [0.2, 0.25) is 0 Å². The number of nitrogens with two attached hydrogens (primary N) is 1. The smallest absolute Gasteiger partial charge is 0.324 e. The maximum atomic E-state index is 13.5. The van der Waals surface area contributed by atoms with Gasteiger partial charge in [0.1, 0.15) is 6.04 Å². The molecule has 0 spiro atoms. The minimum Gasteiger partial charge on any atom is -0.368 e. The first-order valence-corrected chi connectivity index (χ1v) is 22.1. The Morgan fingerprint density at radius 3 is 2.25 bits per heavy atom. The van der Waals surface area contributed by atoms with Crippen molar-refractivity contribution in [2.45, 2.75) is 69.0 Å². The van der Waals surface area contributed by atoms with E-state index in [2.05, 4.69) is 49.7 Å². The van der Waals surface area contributed by atoms with Crippen molar-refractivity contribution in [2.24, 2.45) is 5.73 Å². The number of urea groups is 1. The second-order valence-electron chi connectivity index (χ2n) is 17.9. The Morgan fingerprint density at radius 1 is 0.781 bits per heavy atom. The fraction of sp³-hybridized carbons (Fsp3) is 0.413. The van der Waals surface area contributed by atoms with E-state index in [0.717, 1.165) is 73.8 Å². The van der Waals surface area contributed by atoms with Crippen LogP contribution in [0.25, 0.3) is 0 Å². The van der Waals surface area contributed by atoms with E-state index in [1.165, 1.54) is 5.56 Å². The van der Waals surface area contributed by atoms with E-state index in [9.17, 15) is 28.8 Å². The van der Waals surface area contributed by atoms with Crippen molar-refractivity contribution in [3.8, 4) is 0 Å². The minimum atomic E-state index is -0.989. The molecule has 7 amide bonds. The number of nitrogens with zero attached hydrogens (tertiary/aromatic N) is 9. The van der Waals surface area contributed by atoms with Gasteiger partial charge < -0.3 is 25.8 Å². The van der Waals surface area contributed by atoms with E-state index >= 15 is 0 Å². The highest BCUT2D eigenvalue weighted by Gasteiger charge is 2.46. The fourth-order valence-electron chi connectivity index (χ4n) is 10.2. The van der Waals surface area contributed by atoms with Crippen molar-refractivity contribution in [1.29, 1.82) is 0 Å². The average Bonchev–Trinajstić information content (AvgIpc) is 3.79. The van der Waals surface area contributed by atoms with Crippen LogP contribution in [-0.4, -0.2) is 136 Å². The molecule has 6 aliphatic rings. The molecule has 10 rings (SSSR count). The van der Waals surface area contributed by atoms with E-state index in [1.54, 1.807) is 12.1 Å². The molecule has 18 heteroatoms. The number of hydrogen-bond acceptors (Lipinski definition) is 13. The zero-order valence-corrected chi connectivity index (χ0v) is 35.6. The molecular weight excluding hydrogens is 817 g/mol. The summed E-state index contributed by atoms with van der Waals surface area (Å²) in [6.07, 6.45) is 3.86. The Balaban J connectivity index is 0.741. The third-order valence-electron chi connectivity index (χ3n) is 14.1. The Labute approximate surface area is 369 Å². The van der Waals surface area contributed by atoms with Gasteiger partial charge in [-0.1, -0.05) is 37.3 Å². The van der Waals surface area contributed by atoms with E-state index in [0.29, 0.717) is 38.2 Å². The van der Waals surface area contributed by atoms with Crippen LogP contribution in [-0.2, 0) is 15.0 Å². The number of aromatic nitrogens is 3. The number of primary amides is 1. The molecular formula is C46H50N12O6. The number of rotatable bonds is 10. The molecule has 5 fully saturated rings. The second-order valence-corrected chi connectivity index (χ2v) is 17.9. The first kappa shape index (κ1) is 41.1. The van der Waals surface area contributed by atoms with Gasteiger partial charge in [-0.05, 0) is 98.6 Å². The quantitative estimate of drug-likeness (QED) is 0.196. The molecule has 6 aliphatic heterocycles. The van der Waals surface area contributed by atoms with Crippen LogP contribution in [0.3, 0.4) is 0 Å². The SMILES string of the molecule is CC1(c2ccc(Nc3nc(N4CCCC(N5CCN(c6ccccc6)C5=O)C4)nnc3C(N)=O)cc2)CCN(C2CN(c3ccc4c(c3)C(=O)N(C3CCC(=O)NC3=O)C4=O)C2)CC1. The molecule has 5 saturated heterocycles. The van der Waals surface area contributed by atoms with Crippen molar-refractivity contribution in [3.05, 3.63) is 95.2 Å². The van der Waals surface area contributed by atoms with Crippen LogP contribution in [0.4, 0.5) is 33.6 Å². The van der Waals surface area contributed by atoms with Gasteiger partial charge >= 0.3 is 6.03 Å². The Kier molecular flexibility index (Phi) is 10.5. The number of nitrogens with one attached hydrogen (secondary N) is 2. The van der Waals surface area contributed by atoms with E-state index < -0.39 is 35.6 Å². The molecule has 0 bridgehead atoms. The van der Waals surface area contributed by atoms with Gasteiger partial charge in [0.05, 0.1) is 17.2 Å². The van der Waals surface area contributed by atoms with Gasteiger partial charge in [0.15, 0.2) is 11.5 Å². The van der Waals surface area contributed by atoms with Crippen LogP contribution < -0.4 is 31.1 Å². The second kappa shape index (κ2) is 16.3. The number of carbonyl (C=O) groups excluding carboxylic acids is 6. The van der Waals surface area contributed by atoms with Gasteiger partial charge in [-0.3, -0.25) is 44.0 Å². The van der Waals surface area contributed by atoms with Gasteiger partial charge in [0.25, 0.3) is 17.7 Å². The summed E-state index contributed by atoms with van der Waals surface area (Å²) in [5, 5.41) is 14.0. The molecule has 7 heterocycles. The summed E-state index contributed by atoms with van der Waals surface area (Å²) in [4.78, 5) is 92.9. The standard InChI is InChI=1S/C46H50N12O6/c1-46(17-20-53(21-18-46)33-26-55(27-33)31-13-14-34-35(24-31)43(63)58(42(34)62)36-15-16-37(59)49-41(36)61)28-9-11-29(12-10-28)48-40-38(39(47)60)51-52-44(50-40)54-19-5-8-32(25-54)57-23-22-56(45(57)64)30-6-3-2-4-7-30/h2-4,6-7,9-14,24,32-33,36H,5,8,15-23,25-27H2,1H3,(H2,47,60)(H,48,50,52)(H,49,59,61). The van der Waals surface area contributed by atoms with Gasteiger partial charge in [-0.15, -0.1) is 10.2 Å². The van der Waals surface area contributed by atoms with Crippen molar-refractivity contribution in [2.75, 3.05) is 72.4 Å². The molecule has 0 aliphatic carbocycles. The first-order chi connectivity index (χ1) is 30.9. The lowest BCUT2D eigenvalue weighted by Gasteiger charge is -2.50. The van der Waals surface area contributed by atoms with Crippen LogP contribution in [0.5, 0.6) is 0 Å². The van der Waals surface area contributed by atoms with Crippen molar-refractivity contribution in [3.63, 3.8) is 0 Å². The molecule has 1 aromatic heterocycles. The summed E-state index contributed by atoms with van der Waals surface area (Å²) < 4.78 is 0. The molecule has 3 aromatic carbocycles. The zero-order valence-electron chi connectivity index (χ0n) is 35.6. The summed E-state index contributed by atoms with van der Waals surface area (Å²) in [6, 6.07) is 22.5. The van der Waals surface area contributed by atoms with Crippen molar-refractivity contribution >= 4 is 64.4 Å². The van der Waals surface area contributed by atoms with Crippen LogP contribution in [0.1, 0.15) is 82.2 Å². The van der Waals surface area contributed by atoms with Crippen molar-refractivity contribution in [1.82, 2.24) is 35.2 Å². The topological polar surface area (TPSA) is 211 Å². The lowest BCUT2D eigenvalue weighted by Crippen LogP contribution is -2.61. The van der Waals surface area contributed by atoms with Crippen LogP contribution >= 0.6 is 0 Å². The molecule has 0 saturated carbocycles. The zero-order chi connectivity index (χ0) is 44.3. The summed E-state index contributed by atoms with van der Waals surface area (Å²) >= 11 is 0.